The smallest absolute Gasteiger partial charge is 0.134 e. The fourth-order valence-electron chi connectivity index (χ4n) is 6.71. The zero-order chi connectivity index (χ0) is 26.1. The number of ketones is 3. The first kappa shape index (κ1) is 31.6. The highest BCUT2D eigenvalue weighted by molar-refractivity contribution is 8.04. The van der Waals surface area contributed by atoms with Crippen LogP contribution in [0.1, 0.15) is 53.4 Å². The van der Waals surface area contributed by atoms with E-state index in [1.807, 2.05) is 70.6 Å². The molecule has 36 heavy (non-hydrogen) atoms. The number of hydrogen-bond donors (Lipinski definition) is 0. The maximum atomic E-state index is 13.8. The van der Waals surface area contributed by atoms with Crippen LogP contribution in [0, 0.1) is 23.2 Å². The van der Waals surface area contributed by atoms with Gasteiger partial charge in [0.2, 0.25) is 0 Å². The summed E-state index contributed by atoms with van der Waals surface area (Å²) in [6.07, 6.45) is 4.18. The van der Waals surface area contributed by atoms with E-state index in [4.69, 9.17) is 0 Å². The molecule has 0 spiro atoms. The zero-order valence-corrected chi connectivity index (χ0v) is 27.2. The third-order valence-electron chi connectivity index (χ3n) is 7.92. The summed E-state index contributed by atoms with van der Waals surface area (Å²) in [5.41, 5.74) is -0.642. The minimum atomic E-state index is -0.642. The summed E-state index contributed by atoms with van der Waals surface area (Å²) in [5, 5.41) is 0.474. The van der Waals surface area contributed by atoms with E-state index in [1.165, 1.54) is 0 Å². The third-order valence-corrected chi connectivity index (χ3v) is 16.2. The van der Waals surface area contributed by atoms with Gasteiger partial charge in [0.1, 0.15) is 17.3 Å². The second-order valence-corrected chi connectivity index (χ2v) is 17.7. The van der Waals surface area contributed by atoms with E-state index in [2.05, 4.69) is 6.92 Å². The number of rotatable bonds is 10. The van der Waals surface area contributed by atoms with Gasteiger partial charge in [-0.2, -0.15) is 70.6 Å². The third kappa shape index (κ3) is 7.64. The summed E-state index contributed by atoms with van der Waals surface area (Å²) in [5.74, 6) is 9.09. The van der Waals surface area contributed by atoms with E-state index in [-0.39, 0.29) is 50.9 Å². The topological polar surface area (TPSA) is 51.2 Å². The molecule has 3 aliphatic heterocycles. The molecule has 3 fully saturated rings. The molecule has 6 atom stereocenters. The molecular weight excluding hydrogens is 565 g/mol. The van der Waals surface area contributed by atoms with Crippen molar-refractivity contribution in [3.05, 3.63) is 0 Å². The Hall–Kier alpha value is 1.11. The zero-order valence-electron chi connectivity index (χ0n) is 22.3. The number of thioether (sulfide) groups is 6. The van der Waals surface area contributed by atoms with Gasteiger partial charge in [-0.15, -0.1) is 0 Å². The van der Waals surface area contributed by atoms with E-state index in [1.54, 1.807) is 20.8 Å². The lowest BCUT2D eigenvalue weighted by atomic mass is 9.53. The van der Waals surface area contributed by atoms with Crippen molar-refractivity contribution in [2.24, 2.45) is 23.2 Å². The first-order chi connectivity index (χ1) is 17.3. The Bertz CT molecular complexity index is 630. The van der Waals surface area contributed by atoms with Crippen LogP contribution in [-0.2, 0) is 14.4 Å². The minimum absolute atomic E-state index is 0.158. The monoisotopic (exact) mass is 608 g/mol. The summed E-state index contributed by atoms with van der Waals surface area (Å²) in [6, 6.07) is 0. The van der Waals surface area contributed by atoms with Crippen LogP contribution in [0.2, 0.25) is 0 Å². The average molecular weight is 609 g/mol. The highest BCUT2D eigenvalue weighted by Crippen LogP contribution is 2.57. The molecule has 0 N–H and O–H groups in total. The van der Waals surface area contributed by atoms with Crippen LogP contribution >= 0.6 is 70.6 Å². The summed E-state index contributed by atoms with van der Waals surface area (Å²) in [4.78, 5) is 41.5. The SMILES string of the molecule is CCC(C(C(C)=O)C1CSCCCS1)(C(C(C)=O)C1CSCCCS1)C(C(C)=O)C1CSCCCS1. The van der Waals surface area contributed by atoms with Gasteiger partial charge in [0.05, 0.1) is 0 Å². The van der Waals surface area contributed by atoms with Crippen molar-refractivity contribution < 1.29 is 14.4 Å². The van der Waals surface area contributed by atoms with Gasteiger partial charge in [-0.3, -0.25) is 14.4 Å². The van der Waals surface area contributed by atoms with Gasteiger partial charge in [0.25, 0.3) is 0 Å². The van der Waals surface area contributed by atoms with Crippen LogP contribution in [0.4, 0.5) is 0 Å². The summed E-state index contributed by atoms with van der Waals surface area (Å²) >= 11 is 11.7. The number of Topliss-reactive ketones (excluding diaryl/α,β-unsaturated/α-hetero) is 3. The van der Waals surface area contributed by atoms with Crippen molar-refractivity contribution in [2.45, 2.75) is 69.1 Å². The van der Waals surface area contributed by atoms with Crippen molar-refractivity contribution >= 4 is 87.9 Å². The summed E-state index contributed by atoms with van der Waals surface area (Å²) < 4.78 is 0. The van der Waals surface area contributed by atoms with Crippen molar-refractivity contribution in [3.8, 4) is 0 Å². The van der Waals surface area contributed by atoms with Gasteiger partial charge in [-0.1, -0.05) is 6.92 Å². The second kappa shape index (κ2) is 15.8. The van der Waals surface area contributed by atoms with Crippen LogP contribution in [0.5, 0.6) is 0 Å². The first-order valence-electron chi connectivity index (χ1n) is 13.4. The molecule has 3 nitrogen and oxygen atoms in total. The molecule has 0 aromatic heterocycles. The van der Waals surface area contributed by atoms with Crippen LogP contribution in [-0.4, -0.2) is 84.9 Å². The molecule has 0 saturated carbocycles. The fourth-order valence-corrected chi connectivity index (χ4v) is 15.8. The van der Waals surface area contributed by atoms with Crippen LogP contribution in [0.15, 0.2) is 0 Å². The molecule has 9 heteroatoms. The molecule has 0 amide bonds. The Morgan fingerprint density at radius 1 is 0.611 bits per heavy atom. The molecule has 3 aliphatic rings. The number of carbonyl (C=O) groups is 3. The average Bonchev–Trinajstić information content (AvgIpc) is 3.35. The molecule has 0 bridgehead atoms. The molecule has 0 aromatic carbocycles. The lowest BCUT2D eigenvalue weighted by Crippen LogP contribution is -2.60. The molecule has 206 valence electrons. The summed E-state index contributed by atoms with van der Waals surface area (Å²) in [6.45, 7) is 7.44. The largest absolute Gasteiger partial charge is 0.300 e. The molecule has 0 aliphatic carbocycles. The first-order valence-corrected chi connectivity index (χ1v) is 20.0. The highest BCUT2D eigenvalue weighted by atomic mass is 32.2. The predicted molar refractivity (Wildman–Crippen MR) is 170 cm³/mol. The highest BCUT2D eigenvalue weighted by Gasteiger charge is 2.60. The van der Waals surface area contributed by atoms with Crippen molar-refractivity contribution in [1.82, 2.24) is 0 Å². The Morgan fingerprint density at radius 2 is 0.917 bits per heavy atom. The maximum absolute atomic E-state index is 13.8. The van der Waals surface area contributed by atoms with Crippen LogP contribution < -0.4 is 0 Å². The standard InChI is InChI=1S/C27H44O3S6/c1-5-27(24(18(2)28)21-15-31-9-6-12-34-21,25(19(3)29)22-16-32-10-7-13-35-22)26(20(4)30)23-17-33-11-8-14-36-23/h21-26H,5-17H2,1-4H3. The molecule has 3 rings (SSSR count). The van der Waals surface area contributed by atoms with Crippen molar-refractivity contribution in [3.63, 3.8) is 0 Å². The summed E-state index contributed by atoms with van der Waals surface area (Å²) in [7, 11) is 0. The van der Waals surface area contributed by atoms with Gasteiger partial charge in [-0.05, 0) is 81.0 Å². The van der Waals surface area contributed by atoms with Gasteiger partial charge in [-0.25, -0.2) is 0 Å². The second-order valence-electron chi connectivity index (χ2n) is 10.2. The van der Waals surface area contributed by atoms with Crippen molar-refractivity contribution in [2.75, 3.05) is 51.8 Å². The van der Waals surface area contributed by atoms with E-state index < -0.39 is 5.41 Å². The fraction of sp³-hybridized carbons (Fsp3) is 0.889. The number of hydrogen-bond acceptors (Lipinski definition) is 9. The van der Waals surface area contributed by atoms with Gasteiger partial charge in [0, 0.05) is 56.2 Å². The molecular formula is C27H44O3S6. The van der Waals surface area contributed by atoms with Crippen LogP contribution in [0.3, 0.4) is 0 Å². The van der Waals surface area contributed by atoms with Gasteiger partial charge < -0.3 is 0 Å². The van der Waals surface area contributed by atoms with E-state index in [0.29, 0.717) is 6.42 Å². The van der Waals surface area contributed by atoms with Gasteiger partial charge in [0.15, 0.2) is 0 Å². The van der Waals surface area contributed by atoms with E-state index in [0.717, 1.165) is 71.0 Å². The van der Waals surface area contributed by atoms with Crippen LogP contribution in [0.25, 0.3) is 0 Å². The van der Waals surface area contributed by atoms with E-state index in [9.17, 15) is 14.4 Å². The quantitative estimate of drug-likeness (QED) is 0.269. The Morgan fingerprint density at radius 3 is 1.17 bits per heavy atom. The van der Waals surface area contributed by atoms with Gasteiger partial charge >= 0.3 is 0 Å². The lowest BCUT2D eigenvalue weighted by molar-refractivity contribution is -0.143. The molecule has 0 aromatic rings. The predicted octanol–water partition coefficient (Wildman–Crippen LogP) is 6.71. The Labute approximate surface area is 244 Å². The minimum Gasteiger partial charge on any atom is -0.300 e. The Kier molecular flexibility index (Phi) is 13.9. The maximum Gasteiger partial charge on any atom is 0.134 e. The molecule has 0 radical (unpaired) electrons. The van der Waals surface area contributed by atoms with Crippen molar-refractivity contribution in [1.29, 1.82) is 0 Å². The Balaban J connectivity index is 2.23. The number of carbonyl (C=O) groups excluding carboxylic acids is 3. The van der Waals surface area contributed by atoms with E-state index >= 15 is 0 Å². The lowest BCUT2D eigenvalue weighted by Gasteiger charge is -2.54. The molecule has 3 saturated heterocycles. The molecule has 6 unspecified atom stereocenters. The normalized spacial score (nSPS) is 30.5. The molecule has 3 heterocycles.